The zero-order valence-corrected chi connectivity index (χ0v) is 12.1. The maximum atomic E-state index is 13.9. The quantitative estimate of drug-likeness (QED) is 0.643. The highest BCUT2D eigenvalue weighted by Crippen LogP contribution is 2.31. The molecule has 1 aliphatic rings. The number of rotatable bonds is 4. The molecule has 1 unspecified atom stereocenters. The second-order valence-corrected chi connectivity index (χ2v) is 5.31. The first kappa shape index (κ1) is 15.7. The lowest BCUT2D eigenvalue weighted by atomic mass is 9.88. The molecular formula is C15H21FN2O3. The van der Waals surface area contributed by atoms with Crippen LogP contribution in [0.3, 0.4) is 0 Å². The molecule has 0 aromatic heterocycles. The van der Waals surface area contributed by atoms with Crippen molar-refractivity contribution in [3.8, 4) is 0 Å². The molecule has 1 aromatic carbocycles. The summed E-state index contributed by atoms with van der Waals surface area (Å²) in [6, 6.07) is 4.14. The number of piperidine rings is 1. The number of aliphatic hydroxyl groups excluding tert-OH is 1. The van der Waals surface area contributed by atoms with Crippen LogP contribution in [0.2, 0.25) is 0 Å². The van der Waals surface area contributed by atoms with Crippen molar-refractivity contribution in [1.29, 1.82) is 0 Å². The van der Waals surface area contributed by atoms with Gasteiger partial charge in [0.1, 0.15) is 11.9 Å². The molecule has 0 spiro atoms. The summed E-state index contributed by atoms with van der Waals surface area (Å²) in [6.45, 7) is 0.969. The minimum atomic E-state index is -0.632. The number of ether oxygens (including phenoxy) is 1. The number of methoxy groups -OCH3 is 1. The summed E-state index contributed by atoms with van der Waals surface area (Å²) < 4.78 is 18.6. The van der Waals surface area contributed by atoms with Crippen LogP contribution in [0.1, 0.15) is 24.3 Å². The molecule has 21 heavy (non-hydrogen) atoms. The van der Waals surface area contributed by atoms with E-state index in [9.17, 15) is 14.3 Å². The Balaban J connectivity index is 2.01. The number of halogens is 1. The molecule has 1 saturated heterocycles. The third kappa shape index (κ3) is 3.51. The molecule has 1 aliphatic heterocycles. The van der Waals surface area contributed by atoms with Gasteiger partial charge in [0, 0.05) is 5.69 Å². The van der Waals surface area contributed by atoms with E-state index < -0.39 is 12.0 Å². The summed E-state index contributed by atoms with van der Waals surface area (Å²) in [6.07, 6.45) is 1.46. The second-order valence-electron chi connectivity index (χ2n) is 5.31. The first-order valence-corrected chi connectivity index (χ1v) is 7.04. The molecule has 1 atom stereocenters. The number of benzene rings is 1. The number of carbonyl (C=O) groups excluding carboxylic acids is 1. The number of anilines is 1. The van der Waals surface area contributed by atoms with Crippen molar-refractivity contribution in [2.24, 2.45) is 0 Å². The zero-order chi connectivity index (χ0) is 15.4. The molecule has 5 nitrogen and oxygen atoms in total. The number of aliphatic hydroxyl groups is 1. The minimum Gasteiger partial charge on any atom is -0.468 e. The van der Waals surface area contributed by atoms with Gasteiger partial charge in [-0.2, -0.15) is 0 Å². The summed E-state index contributed by atoms with van der Waals surface area (Å²) in [5.74, 6) is -0.603. The Bertz CT molecular complexity index is 502. The van der Waals surface area contributed by atoms with Gasteiger partial charge >= 0.3 is 5.97 Å². The van der Waals surface area contributed by atoms with Crippen molar-refractivity contribution < 1.29 is 19.0 Å². The van der Waals surface area contributed by atoms with Crippen LogP contribution in [0.4, 0.5) is 10.1 Å². The SMILES string of the molecule is COC(=O)C(CO)N1CCC(c2ccc(N)cc2F)CC1. The minimum absolute atomic E-state index is 0.110. The van der Waals surface area contributed by atoms with Crippen LogP contribution in [-0.4, -0.2) is 48.8 Å². The average Bonchev–Trinajstić information content (AvgIpc) is 2.49. The van der Waals surface area contributed by atoms with Crippen LogP contribution in [0.15, 0.2) is 18.2 Å². The standard InChI is InChI=1S/C15H21FN2O3/c1-21-15(20)14(9-19)18-6-4-10(5-7-18)12-3-2-11(17)8-13(12)16/h2-3,8,10,14,19H,4-7,9,17H2,1H3. The molecule has 3 N–H and O–H groups in total. The Kier molecular flexibility index (Phi) is 5.14. The summed E-state index contributed by atoms with van der Waals surface area (Å²) in [5, 5.41) is 9.32. The maximum Gasteiger partial charge on any atom is 0.325 e. The van der Waals surface area contributed by atoms with Crippen molar-refractivity contribution >= 4 is 11.7 Å². The Morgan fingerprint density at radius 3 is 2.71 bits per heavy atom. The molecular weight excluding hydrogens is 275 g/mol. The molecule has 0 saturated carbocycles. The predicted molar refractivity (Wildman–Crippen MR) is 77.3 cm³/mol. The second kappa shape index (κ2) is 6.87. The van der Waals surface area contributed by atoms with Crippen LogP contribution in [0.5, 0.6) is 0 Å². The van der Waals surface area contributed by atoms with Crippen LogP contribution in [0.25, 0.3) is 0 Å². The third-order valence-electron chi connectivity index (χ3n) is 4.08. The van der Waals surface area contributed by atoms with E-state index >= 15 is 0 Å². The highest BCUT2D eigenvalue weighted by atomic mass is 19.1. The van der Waals surface area contributed by atoms with Gasteiger partial charge in [0.15, 0.2) is 0 Å². The van der Waals surface area contributed by atoms with Gasteiger partial charge in [-0.1, -0.05) is 6.07 Å². The first-order chi connectivity index (χ1) is 10.1. The van der Waals surface area contributed by atoms with Gasteiger partial charge in [-0.3, -0.25) is 9.69 Å². The van der Waals surface area contributed by atoms with Gasteiger partial charge < -0.3 is 15.6 Å². The van der Waals surface area contributed by atoms with Crippen molar-refractivity contribution in [3.63, 3.8) is 0 Å². The van der Waals surface area contributed by atoms with Gasteiger partial charge in [-0.15, -0.1) is 0 Å². The lowest BCUT2D eigenvalue weighted by Gasteiger charge is -2.35. The van der Waals surface area contributed by atoms with Crippen LogP contribution in [0, 0.1) is 5.82 Å². The molecule has 0 radical (unpaired) electrons. The number of carbonyl (C=O) groups is 1. The molecule has 1 heterocycles. The van der Waals surface area contributed by atoms with Crippen molar-refractivity contribution in [1.82, 2.24) is 4.90 Å². The van der Waals surface area contributed by atoms with Gasteiger partial charge in [0.2, 0.25) is 0 Å². The smallest absolute Gasteiger partial charge is 0.325 e. The fourth-order valence-electron chi connectivity index (χ4n) is 2.87. The molecule has 0 amide bonds. The molecule has 116 valence electrons. The van der Waals surface area contributed by atoms with Gasteiger partial charge in [-0.25, -0.2) is 4.39 Å². The fraction of sp³-hybridized carbons (Fsp3) is 0.533. The van der Waals surface area contributed by atoms with Gasteiger partial charge in [0.05, 0.1) is 13.7 Å². The van der Waals surface area contributed by atoms with E-state index in [-0.39, 0.29) is 18.3 Å². The molecule has 1 fully saturated rings. The van der Waals surface area contributed by atoms with E-state index in [2.05, 4.69) is 4.74 Å². The number of esters is 1. The van der Waals surface area contributed by atoms with Crippen molar-refractivity contribution in [2.75, 3.05) is 32.5 Å². The van der Waals surface area contributed by atoms with Crippen LogP contribution in [-0.2, 0) is 9.53 Å². The van der Waals surface area contributed by atoms with E-state index in [0.29, 0.717) is 24.3 Å². The monoisotopic (exact) mass is 296 g/mol. The van der Waals surface area contributed by atoms with Gasteiger partial charge in [-0.05, 0) is 49.5 Å². The number of nitrogens with zero attached hydrogens (tertiary/aromatic N) is 1. The third-order valence-corrected chi connectivity index (χ3v) is 4.08. The maximum absolute atomic E-state index is 13.9. The van der Waals surface area contributed by atoms with E-state index in [1.165, 1.54) is 13.2 Å². The Morgan fingerprint density at radius 1 is 1.52 bits per heavy atom. The Labute approximate surface area is 123 Å². The number of likely N-dealkylation sites (tertiary alicyclic amines) is 1. The summed E-state index contributed by atoms with van der Waals surface area (Å²) in [5.41, 5.74) is 6.64. The largest absolute Gasteiger partial charge is 0.468 e. The van der Waals surface area contributed by atoms with Crippen LogP contribution >= 0.6 is 0 Å². The lowest BCUT2D eigenvalue weighted by molar-refractivity contribution is -0.149. The summed E-state index contributed by atoms with van der Waals surface area (Å²) in [4.78, 5) is 13.5. The Morgan fingerprint density at radius 2 is 2.19 bits per heavy atom. The van der Waals surface area contributed by atoms with E-state index in [1.807, 2.05) is 4.90 Å². The van der Waals surface area contributed by atoms with E-state index in [4.69, 9.17) is 5.73 Å². The number of nitrogens with two attached hydrogens (primary N) is 1. The van der Waals surface area contributed by atoms with Crippen molar-refractivity contribution in [2.45, 2.75) is 24.8 Å². The highest BCUT2D eigenvalue weighted by Gasteiger charge is 2.31. The van der Waals surface area contributed by atoms with E-state index in [1.54, 1.807) is 12.1 Å². The predicted octanol–water partition coefficient (Wildman–Crippen LogP) is 1.12. The zero-order valence-electron chi connectivity index (χ0n) is 12.1. The number of nitrogen functional groups attached to an aromatic ring is 1. The molecule has 0 aliphatic carbocycles. The normalized spacial score (nSPS) is 18.4. The topological polar surface area (TPSA) is 75.8 Å². The molecule has 6 heteroatoms. The molecule has 1 aromatic rings. The summed E-state index contributed by atoms with van der Waals surface area (Å²) >= 11 is 0. The lowest BCUT2D eigenvalue weighted by Crippen LogP contribution is -2.47. The van der Waals surface area contributed by atoms with E-state index in [0.717, 1.165) is 12.8 Å². The first-order valence-electron chi connectivity index (χ1n) is 7.04. The molecule has 0 bridgehead atoms. The summed E-state index contributed by atoms with van der Waals surface area (Å²) in [7, 11) is 1.31. The van der Waals surface area contributed by atoms with Crippen LogP contribution < -0.4 is 5.73 Å². The van der Waals surface area contributed by atoms with Gasteiger partial charge in [0.25, 0.3) is 0 Å². The number of hydrogen-bond donors (Lipinski definition) is 2. The average molecular weight is 296 g/mol. The van der Waals surface area contributed by atoms with Crippen molar-refractivity contribution in [3.05, 3.63) is 29.6 Å². The Hall–Kier alpha value is -1.66. The molecule has 2 rings (SSSR count). The number of hydrogen-bond acceptors (Lipinski definition) is 5. The highest BCUT2D eigenvalue weighted by molar-refractivity contribution is 5.75. The fourth-order valence-corrected chi connectivity index (χ4v) is 2.87.